The van der Waals surface area contributed by atoms with Gasteiger partial charge in [0.15, 0.2) is 0 Å². The largest absolute Gasteiger partial charge is 0.383 e. The zero-order chi connectivity index (χ0) is 13.8. The summed E-state index contributed by atoms with van der Waals surface area (Å²) in [5.74, 6) is 2.31. The van der Waals surface area contributed by atoms with Crippen molar-refractivity contribution < 1.29 is 0 Å². The fraction of sp³-hybridized carbons (Fsp3) is 0.714. The van der Waals surface area contributed by atoms with Crippen LogP contribution in [0.4, 0.5) is 11.6 Å². The Morgan fingerprint density at radius 1 is 1.22 bits per heavy atom. The van der Waals surface area contributed by atoms with Gasteiger partial charge in [-0.05, 0) is 25.2 Å². The summed E-state index contributed by atoms with van der Waals surface area (Å²) < 4.78 is 0. The molecular weight excluding hydrogens is 224 g/mol. The number of hydrogen-bond donors (Lipinski definition) is 2. The first-order valence-corrected chi connectivity index (χ1v) is 6.70. The lowest BCUT2D eigenvalue weighted by atomic mass is 9.92. The maximum atomic E-state index is 5.92. The summed E-state index contributed by atoms with van der Waals surface area (Å²) in [6, 6.07) is 0. The molecule has 0 amide bonds. The molecule has 0 saturated heterocycles. The molecule has 0 spiro atoms. The van der Waals surface area contributed by atoms with Crippen LogP contribution in [0.5, 0.6) is 0 Å². The van der Waals surface area contributed by atoms with Gasteiger partial charge in [0.25, 0.3) is 0 Å². The number of aromatic nitrogens is 2. The van der Waals surface area contributed by atoms with Crippen molar-refractivity contribution in [3.05, 3.63) is 11.4 Å². The van der Waals surface area contributed by atoms with Gasteiger partial charge in [-0.25, -0.2) is 9.97 Å². The second-order valence-electron chi connectivity index (χ2n) is 5.99. The van der Waals surface area contributed by atoms with Crippen molar-refractivity contribution in [1.29, 1.82) is 0 Å². The average Bonchev–Trinajstić information content (AvgIpc) is 2.23. The van der Waals surface area contributed by atoms with Gasteiger partial charge in [0, 0.05) is 18.5 Å². The van der Waals surface area contributed by atoms with Crippen LogP contribution in [0.15, 0.2) is 0 Å². The normalized spacial score (nSPS) is 11.6. The second kappa shape index (κ2) is 6.03. The predicted octanol–water partition coefficient (Wildman–Crippen LogP) is 3.17. The van der Waals surface area contributed by atoms with Gasteiger partial charge >= 0.3 is 0 Å². The minimum absolute atomic E-state index is 0.325. The Labute approximate surface area is 110 Å². The Balaban J connectivity index is 2.74. The van der Waals surface area contributed by atoms with Gasteiger partial charge in [-0.15, -0.1) is 0 Å². The smallest absolute Gasteiger partial charge is 0.134 e. The molecule has 0 aliphatic carbocycles. The van der Waals surface area contributed by atoms with Gasteiger partial charge in [-0.3, -0.25) is 0 Å². The topological polar surface area (TPSA) is 63.8 Å². The highest BCUT2D eigenvalue weighted by molar-refractivity contribution is 5.54. The standard InChI is InChI=1S/C14H26N4/c1-6-7-11-17-12(15)10(2)13(18-11)16-9-8-14(3,4)5/h6-9H2,1-5H3,(H3,15,16,17,18). The molecule has 0 aliphatic heterocycles. The van der Waals surface area contributed by atoms with E-state index in [4.69, 9.17) is 5.73 Å². The molecule has 0 aliphatic rings. The van der Waals surface area contributed by atoms with Gasteiger partial charge in [0.2, 0.25) is 0 Å². The minimum Gasteiger partial charge on any atom is -0.383 e. The summed E-state index contributed by atoms with van der Waals surface area (Å²) in [6.45, 7) is 11.7. The molecule has 0 bridgehead atoms. The molecule has 0 fully saturated rings. The van der Waals surface area contributed by atoms with Crippen LogP contribution < -0.4 is 11.1 Å². The number of nitrogens with zero attached hydrogens (tertiary/aromatic N) is 2. The third kappa shape index (κ3) is 4.51. The summed E-state index contributed by atoms with van der Waals surface area (Å²) in [6.07, 6.45) is 3.00. The van der Waals surface area contributed by atoms with E-state index in [0.29, 0.717) is 11.2 Å². The highest BCUT2D eigenvalue weighted by atomic mass is 15.1. The molecule has 0 atom stereocenters. The van der Waals surface area contributed by atoms with Crippen LogP contribution in [0.1, 0.15) is 51.9 Å². The van der Waals surface area contributed by atoms with E-state index in [0.717, 1.165) is 43.0 Å². The quantitative estimate of drug-likeness (QED) is 0.842. The maximum Gasteiger partial charge on any atom is 0.134 e. The second-order valence-corrected chi connectivity index (χ2v) is 5.99. The van der Waals surface area contributed by atoms with E-state index in [1.54, 1.807) is 0 Å². The Morgan fingerprint density at radius 3 is 2.44 bits per heavy atom. The van der Waals surface area contributed by atoms with Crippen LogP contribution in [0.25, 0.3) is 0 Å². The molecule has 0 saturated carbocycles. The van der Waals surface area contributed by atoms with E-state index in [2.05, 4.69) is 43.0 Å². The van der Waals surface area contributed by atoms with Gasteiger partial charge in [-0.1, -0.05) is 27.7 Å². The fourth-order valence-electron chi connectivity index (χ4n) is 1.65. The van der Waals surface area contributed by atoms with Gasteiger partial charge < -0.3 is 11.1 Å². The molecule has 1 heterocycles. The van der Waals surface area contributed by atoms with Crippen molar-refractivity contribution in [1.82, 2.24) is 9.97 Å². The zero-order valence-electron chi connectivity index (χ0n) is 12.3. The van der Waals surface area contributed by atoms with Crippen molar-refractivity contribution >= 4 is 11.6 Å². The van der Waals surface area contributed by atoms with Crippen molar-refractivity contribution in [2.75, 3.05) is 17.6 Å². The molecule has 102 valence electrons. The van der Waals surface area contributed by atoms with Crippen LogP contribution in [0.3, 0.4) is 0 Å². The number of hydrogen-bond acceptors (Lipinski definition) is 4. The Kier molecular flexibility index (Phi) is 4.93. The van der Waals surface area contributed by atoms with Crippen LogP contribution in [0, 0.1) is 12.3 Å². The van der Waals surface area contributed by atoms with E-state index >= 15 is 0 Å². The monoisotopic (exact) mass is 250 g/mol. The predicted molar refractivity (Wildman–Crippen MR) is 77.7 cm³/mol. The van der Waals surface area contributed by atoms with Crippen molar-refractivity contribution in [2.45, 2.75) is 53.9 Å². The van der Waals surface area contributed by atoms with Crippen molar-refractivity contribution in [3.63, 3.8) is 0 Å². The molecular formula is C14H26N4. The first kappa shape index (κ1) is 14.7. The van der Waals surface area contributed by atoms with E-state index in [1.807, 2.05) is 6.92 Å². The number of rotatable bonds is 5. The van der Waals surface area contributed by atoms with Crippen LogP contribution in [-0.2, 0) is 6.42 Å². The average molecular weight is 250 g/mol. The van der Waals surface area contributed by atoms with E-state index in [9.17, 15) is 0 Å². The molecule has 3 N–H and O–H groups in total. The van der Waals surface area contributed by atoms with Crippen LogP contribution in [0.2, 0.25) is 0 Å². The Hall–Kier alpha value is -1.32. The van der Waals surface area contributed by atoms with Crippen molar-refractivity contribution in [2.24, 2.45) is 5.41 Å². The van der Waals surface area contributed by atoms with E-state index < -0.39 is 0 Å². The number of nitrogens with one attached hydrogen (secondary N) is 1. The Morgan fingerprint density at radius 2 is 1.89 bits per heavy atom. The molecule has 0 unspecified atom stereocenters. The molecule has 0 radical (unpaired) electrons. The number of nitrogen functional groups attached to an aromatic ring is 1. The lowest BCUT2D eigenvalue weighted by Gasteiger charge is -2.19. The van der Waals surface area contributed by atoms with Gasteiger partial charge in [-0.2, -0.15) is 0 Å². The highest BCUT2D eigenvalue weighted by Gasteiger charge is 2.11. The third-order valence-electron chi connectivity index (χ3n) is 2.87. The highest BCUT2D eigenvalue weighted by Crippen LogP contribution is 2.21. The first-order valence-electron chi connectivity index (χ1n) is 6.70. The molecule has 1 rings (SSSR count). The molecule has 4 nitrogen and oxygen atoms in total. The zero-order valence-corrected chi connectivity index (χ0v) is 12.3. The van der Waals surface area contributed by atoms with Crippen molar-refractivity contribution in [3.8, 4) is 0 Å². The van der Waals surface area contributed by atoms with Crippen LogP contribution >= 0.6 is 0 Å². The number of anilines is 2. The SMILES string of the molecule is CCCc1nc(N)c(C)c(NCCC(C)(C)C)n1. The fourth-order valence-corrected chi connectivity index (χ4v) is 1.65. The lowest BCUT2D eigenvalue weighted by molar-refractivity contribution is 0.389. The molecule has 18 heavy (non-hydrogen) atoms. The molecule has 1 aromatic heterocycles. The summed E-state index contributed by atoms with van der Waals surface area (Å²) >= 11 is 0. The molecule has 1 aromatic rings. The van der Waals surface area contributed by atoms with Gasteiger partial charge in [0.1, 0.15) is 17.5 Å². The van der Waals surface area contributed by atoms with E-state index in [1.165, 1.54) is 0 Å². The van der Waals surface area contributed by atoms with E-state index in [-0.39, 0.29) is 0 Å². The first-order chi connectivity index (χ1) is 8.33. The maximum absolute atomic E-state index is 5.92. The van der Waals surface area contributed by atoms with Gasteiger partial charge in [0.05, 0.1) is 0 Å². The lowest BCUT2D eigenvalue weighted by Crippen LogP contribution is -2.15. The third-order valence-corrected chi connectivity index (χ3v) is 2.87. The number of nitrogens with two attached hydrogens (primary N) is 1. The number of aryl methyl sites for hydroxylation is 1. The Bertz CT molecular complexity index is 394. The molecule has 4 heteroatoms. The molecule has 0 aromatic carbocycles. The summed E-state index contributed by atoms with van der Waals surface area (Å²) in [7, 11) is 0. The summed E-state index contributed by atoms with van der Waals surface area (Å²) in [5, 5.41) is 3.38. The summed E-state index contributed by atoms with van der Waals surface area (Å²) in [5.41, 5.74) is 7.19. The van der Waals surface area contributed by atoms with Crippen LogP contribution in [-0.4, -0.2) is 16.5 Å². The summed E-state index contributed by atoms with van der Waals surface area (Å²) in [4.78, 5) is 8.85. The minimum atomic E-state index is 0.325.